The molecule has 1 aromatic heterocycles. The first-order valence-corrected chi connectivity index (χ1v) is 12.0. The van der Waals surface area contributed by atoms with Gasteiger partial charge in [0.2, 0.25) is 5.88 Å². The van der Waals surface area contributed by atoms with Crippen molar-refractivity contribution < 1.29 is 14.3 Å². The van der Waals surface area contributed by atoms with Crippen LogP contribution in [0.3, 0.4) is 0 Å². The summed E-state index contributed by atoms with van der Waals surface area (Å²) in [6.07, 6.45) is 6.84. The molecular weight excluding hydrogens is 450 g/mol. The van der Waals surface area contributed by atoms with Gasteiger partial charge in [-0.25, -0.2) is 9.78 Å². The number of ether oxygens (including phenoxy) is 2. The van der Waals surface area contributed by atoms with Gasteiger partial charge >= 0.3 is 5.97 Å². The Hall–Kier alpha value is -3.44. The summed E-state index contributed by atoms with van der Waals surface area (Å²) < 4.78 is 12.3. The van der Waals surface area contributed by atoms with Gasteiger partial charge < -0.3 is 35.7 Å². The van der Waals surface area contributed by atoms with Crippen LogP contribution in [0, 0.1) is 5.92 Å². The molecule has 11 nitrogen and oxygen atoms in total. The number of fused-ring (bicyclic) bond motifs is 1. The highest BCUT2D eigenvalue weighted by molar-refractivity contribution is 5.84. The summed E-state index contributed by atoms with van der Waals surface area (Å²) in [7, 11) is 1.60. The molecule has 2 aromatic rings. The van der Waals surface area contributed by atoms with Crippen molar-refractivity contribution in [1.29, 1.82) is 0 Å². The second-order valence-corrected chi connectivity index (χ2v) is 9.25. The van der Waals surface area contributed by atoms with Crippen LogP contribution < -0.4 is 32.0 Å². The van der Waals surface area contributed by atoms with Crippen LogP contribution >= 0.6 is 0 Å². The third kappa shape index (κ3) is 5.15. The Balaban J connectivity index is 1.13. The van der Waals surface area contributed by atoms with Crippen LogP contribution in [0.15, 0.2) is 45.8 Å². The molecule has 3 heterocycles. The van der Waals surface area contributed by atoms with E-state index in [-0.39, 0.29) is 30.3 Å². The Kier molecular flexibility index (Phi) is 6.69. The first-order chi connectivity index (χ1) is 17.0. The van der Waals surface area contributed by atoms with E-state index >= 15 is 0 Å². The number of nitrogens with two attached hydrogens (primary N) is 1. The van der Waals surface area contributed by atoms with Crippen molar-refractivity contribution in [2.24, 2.45) is 16.6 Å². The van der Waals surface area contributed by atoms with E-state index in [0.29, 0.717) is 42.4 Å². The molecular formula is C24H31N7O4. The Morgan fingerprint density at radius 1 is 1.29 bits per heavy atom. The zero-order chi connectivity index (χ0) is 24.4. The standard InChI is InChI=1S/C24H31N7O4/c1-34-16-6-7-18-20(8-16)31(22(32)11-27-18)13-17(25)14-2-4-15(5-3-14)26-10-21-29-9-19-24(30-21)35-23(33)12-28-19/h6-9,11,14-15,17,21,26,28,30H,2-5,10,12-13,25H2,1H3. The molecule has 0 radical (unpaired) electrons. The normalized spacial score (nSPS) is 24.9. The molecule has 35 heavy (non-hydrogen) atoms. The van der Waals surface area contributed by atoms with Crippen LogP contribution in [0.1, 0.15) is 25.7 Å². The van der Waals surface area contributed by atoms with Gasteiger partial charge in [-0.1, -0.05) is 0 Å². The third-order valence-corrected chi connectivity index (χ3v) is 6.99. The molecule has 1 aliphatic carbocycles. The van der Waals surface area contributed by atoms with E-state index in [1.807, 2.05) is 18.2 Å². The van der Waals surface area contributed by atoms with Gasteiger partial charge in [0.15, 0.2) is 0 Å². The van der Waals surface area contributed by atoms with Crippen molar-refractivity contribution >= 4 is 23.2 Å². The second-order valence-electron chi connectivity index (χ2n) is 9.25. The van der Waals surface area contributed by atoms with Gasteiger partial charge in [-0.2, -0.15) is 0 Å². The van der Waals surface area contributed by atoms with Crippen LogP contribution in [0.2, 0.25) is 0 Å². The number of carbonyl (C=O) groups is 1. The van der Waals surface area contributed by atoms with Gasteiger partial charge in [0.25, 0.3) is 5.56 Å². The number of hydrogen-bond donors (Lipinski definition) is 4. The molecule has 11 heteroatoms. The lowest BCUT2D eigenvalue weighted by Crippen LogP contribution is -2.48. The quantitative estimate of drug-likeness (QED) is 0.407. The van der Waals surface area contributed by atoms with Gasteiger partial charge in [0.1, 0.15) is 24.2 Å². The van der Waals surface area contributed by atoms with Crippen molar-refractivity contribution in [3.63, 3.8) is 0 Å². The van der Waals surface area contributed by atoms with E-state index in [1.165, 1.54) is 6.20 Å². The fourth-order valence-corrected chi connectivity index (χ4v) is 4.97. The summed E-state index contributed by atoms with van der Waals surface area (Å²) in [4.78, 5) is 32.8. The number of benzene rings is 1. The van der Waals surface area contributed by atoms with Gasteiger partial charge in [-0.3, -0.25) is 9.79 Å². The SMILES string of the molecule is COc1ccc2ncc(=O)n(CC(N)C3CCC(NCC4N=CC5=C(N4)OC(=O)CN5)CC3)c2c1. The summed E-state index contributed by atoms with van der Waals surface area (Å²) >= 11 is 0. The molecule has 1 aromatic carbocycles. The molecule has 5 N–H and O–H groups in total. The summed E-state index contributed by atoms with van der Waals surface area (Å²) in [6.45, 7) is 1.23. The molecule has 0 spiro atoms. The molecule has 2 aliphatic heterocycles. The third-order valence-electron chi connectivity index (χ3n) is 6.99. The number of aromatic nitrogens is 2. The fourth-order valence-electron chi connectivity index (χ4n) is 4.97. The maximum atomic E-state index is 12.6. The molecule has 186 valence electrons. The summed E-state index contributed by atoms with van der Waals surface area (Å²) in [5.41, 5.74) is 8.63. The second kappa shape index (κ2) is 10.0. The smallest absolute Gasteiger partial charge is 0.332 e. The number of nitrogens with zero attached hydrogens (tertiary/aromatic N) is 3. The lowest BCUT2D eigenvalue weighted by molar-refractivity contribution is -0.140. The first-order valence-electron chi connectivity index (χ1n) is 12.0. The molecule has 0 amide bonds. The maximum Gasteiger partial charge on any atom is 0.332 e. The van der Waals surface area contributed by atoms with E-state index in [9.17, 15) is 9.59 Å². The predicted molar refractivity (Wildman–Crippen MR) is 131 cm³/mol. The number of allylic oxidation sites excluding steroid dienone is 1. The van der Waals surface area contributed by atoms with Crippen LogP contribution in [-0.2, 0) is 16.1 Å². The number of hydrogen-bond acceptors (Lipinski definition) is 10. The highest BCUT2D eigenvalue weighted by atomic mass is 16.6. The number of rotatable bonds is 7. The van der Waals surface area contributed by atoms with Crippen molar-refractivity contribution in [1.82, 2.24) is 25.5 Å². The number of nitrogens with one attached hydrogen (secondary N) is 3. The molecule has 3 aliphatic rings. The fraction of sp³-hybridized carbons (Fsp3) is 0.500. The van der Waals surface area contributed by atoms with E-state index < -0.39 is 0 Å². The largest absolute Gasteiger partial charge is 0.497 e. The number of methoxy groups -OCH3 is 1. The average molecular weight is 482 g/mol. The lowest BCUT2D eigenvalue weighted by Gasteiger charge is -2.34. The minimum absolute atomic E-state index is 0.131. The zero-order valence-electron chi connectivity index (χ0n) is 19.7. The summed E-state index contributed by atoms with van der Waals surface area (Å²) in [5.74, 6) is 1.14. The molecule has 2 atom stereocenters. The minimum atomic E-state index is -0.311. The zero-order valence-corrected chi connectivity index (χ0v) is 19.7. The summed E-state index contributed by atoms with van der Waals surface area (Å²) in [5, 5.41) is 9.71. The van der Waals surface area contributed by atoms with Crippen molar-refractivity contribution in [2.45, 2.75) is 50.5 Å². The van der Waals surface area contributed by atoms with E-state index in [4.69, 9.17) is 15.2 Å². The molecule has 0 bridgehead atoms. The van der Waals surface area contributed by atoms with E-state index in [0.717, 1.165) is 36.7 Å². The van der Waals surface area contributed by atoms with Crippen LogP contribution in [0.5, 0.6) is 5.75 Å². The molecule has 1 fully saturated rings. The monoisotopic (exact) mass is 481 g/mol. The average Bonchev–Trinajstić information content (AvgIpc) is 2.88. The van der Waals surface area contributed by atoms with Crippen LogP contribution in [-0.4, -0.2) is 60.2 Å². The van der Waals surface area contributed by atoms with Gasteiger partial charge in [0.05, 0.1) is 30.6 Å². The van der Waals surface area contributed by atoms with Crippen molar-refractivity contribution in [3.05, 3.63) is 46.3 Å². The van der Waals surface area contributed by atoms with Gasteiger partial charge in [-0.05, 0) is 43.7 Å². The van der Waals surface area contributed by atoms with Gasteiger partial charge in [-0.15, -0.1) is 0 Å². The predicted octanol–water partition coefficient (Wildman–Crippen LogP) is 0.196. The molecule has 5 rings (SSSR count). The Morgan fingerprint density at radius 2 is 2.11 bits per heavy atom. The molecule has 1 saturated carbocycles. The van der Waals surface area contributed by atoms with E-state index in [2.05, 4.69) is 25.9 Å². The Labute approximate surface area is 202 Å². The minimum Gasteiger partial charge on any atom is -0.497 e. The topological polar surface area (TPSA) is 145 Å². The Bertz CT molecular complexity index is 1220. The van der Waals surface area contributed by atoms with Crippen molar-refractivity contribution in [2.75, 3.05) is 20.2 Å². The highest BCUT2D eigenvalue weighted by Crippen LogP contribution is 2.27. The highest BCUT2D eigenvalue weighted by Gasteiger charge is 2.28. The number of esters is 1. The first kappa shape index (κ1) is 23.3. The molecule has 0 saturated heterocycles. The van der Waals surface area contributed by atoms with Crippen LogP contribution in [0.25, 0.3) is 11.0 Å². The maximum absolute atomic E-state index is 12.6. The van der Waals surface area contributed by atoms with E-state index in [1.54, 1.807) is 17.9 Å². The lowest BCUT2D eigenvalue weighted by atomic mass is 9.81. The number of carbonyl (C=O) groups excluding carboxylic acids is 1. The number of aliphatic imine (C=N–C) groups is 1. The summed E-state index contributed by atoms with van der Waals surface area (Å²) in [6, 6.07) is 5.76. The molecule has 2 unspecified atom stereocenters. The van der Waals surface area contributed by atoms with Crippen LogP contribution in [0.4, 0.5) is 0 Å². The Morgan fingerprint density at radius 3 is 2.91 bits per heavy atom. The van der Waals surface area contributed by atoms with Crippen molar-refractivity contribution in [3.8, 4) is 5.75 Å². The van der Waals surface area contributed by atoms with Gasteiger partial charge in [0, 0.05) is 31.2 Å².